The summed E-state index contributed by atoms with van der Waals surface area (Å²) < 4.78 is 8.05. The Hall–Kier alpha value is -1.39. The van der Waals surface area contributed by atoms with E-state index in [1.54, 1.807) is 0 Å². The van der Waals surface area contributed by atoms with E-state index in [1.165, 1.54) is 0 Å². The number of nitrogens with zero attached hydrogens (tertiary/aromatic N) is 2. The van der Waals surface area contributed by atoms with Gasteiger partial charge in [0.25, 0.3) is 0 Å². The Bertz CT molecular complexity index is 576. The molecule has 2 N–H and O–H groups in total. The topological polar surface area (TPSA) is 53.1 Å². The van der Waals surface area contributed by atoms with Gasteiger partial charge in [-0.25, -0.2) is 4.98 Å². The van der Waals surface area contributed by atoms with Crippen molar-refractivity contribution in [2.75, 3.05) is 0 Å². The molecule has 2 atom stereocenters. The van der Waals surface area contributed by atoms with Gasteiger partial charge in [0, 0.05) is 13.6 Å². The zero-order valence-corrected chi connectivity index (χ0v) is 10.9. The average molecular weight is 245 g/mol. The molecule has 1 aromatic carbocycles. The number of fused-ring (bicyclic) bond motifs is 1. The molecule has 2 aromatic rings. The number of aromatic nitrogens is 2. The van der Waals surface area contributed by atoms with Gasteiger partial charge < -0.3 is 15.0 Å². The number of benzene rings is 1. The third kappa shape index (κ3) is 1.72. The molecule has 0 spiro atoms. The summed E-state index contributed by atoms with van der Waals surface area (Å²) >= 11 is 0. The van der Waals surface area contributed by atoms with Crippen LogP contribution in [-0.4, -0.2) is 15.7 Å². The van der Waals surface area contributed by atoms with Gasteiger partial charge in [0.15, 0.2) is 0 Å². The first-order chi connectivity index (χ1) is 8.70. The van der Waals surface area contributed by atoms with Gasteiger partial charge in [0.1, 0.15) is 11.9 Å². The van der Waals surface area contributed by atoms with Crippen molar-refractivity contribution >= 4 is 11.0 Å². The van der Waals surface area contributed by atoms with Crippen molar-refractivity contribution < 1.29 is 4.74 Å². The van der Waals surface area contributed by atoms with Crippen LogP contribution in [0.2, 0.25) is 0 Å². The second-order valence-electron chi connectivity index (χ2n) is 5.03. The number of aryl methyl sites for hydroxylation is 1. The van der Waals surface area contributed by atoms with Crippen LogP contribution in [0, 0.1) is 0 Å². The van der Waals surface area contributed by atoms with Gasteiger partial charge in [-0.15, -0.1) is 0 Å². The molecule has 96 valence electrons. The highest BCUT2D eigenvalue weighted by atomic mass is 16.5. The lowest BCUT2D eigenvalue weighted by Crippen LogP contribution is -2.06. The Kier molecular flexibility index (Phi) is 2.84. The summed E-state index contributed by atoms with van der Waals surface area (Å²) in [6.07, 6.45) is 2.63. The van der Waals surface area contributed by atoms with Crippen molar-refractivity contribution in [3.8, 4) is 0 Å². The Labute approximate surface area is 107 Å². The van der Waals surface area contributed by atoms with Crippen molar-refractivity contribution in [1.82, 2.24) is 9.55 Å². The average Bonchev–Trinajstić information content (AvgIpc) is 2.94. The number of nitrogens with two attached hydrogens (primary N) is 1. The molecule has 0 radical (unpaired) electrons. The molecule has 3 rings (SSSR count). The quantitative estimate of drug-likeness (QED) is 0.883. The van der Waals surface area contributed by atoms with Crippen molar-refractivity contribution in [2.45, 2.75) is 38.5 Å². The normalized spacial score (nSPS) is 23.9. The predicted molar refractivity (Wildman–Crippen MR) is 71.1 cm³/mol. The molecule has 1 aliphatic heterocycles. The molecular weight excluding hydrogens is 226 g/mol. The van der Waals surface area contributed by atoms with Gasteiger partial charge in [-0.2, -0.15) is 0 Å². The molecule has 18 heavy (non-hydrogen) atoms. The first kappa shape index (κ1) is 11.7. The summed E-state index contributed by atoms with van der Waals surface area (Å²) in [4.78, 5) is 4.76. The molecule has 0 bridgehead atoms. The number of rotatable bonds is 2. The highest BCUT2D eigenvalue weighted by Crippen LogP contribution is 2.33. The van der Waals surface area contributed by atoms with Gasteiger partial charge in [0.2, 0.25) is 0 Å². The molecule has 1 aromatic heterocycles. The zero-order chi connectivity index (χ0) is 12.7. The molecule has 0 amide bonds. The minimum atomic E-state index is 0.128. The molecule has 4 nitrogen and oxygen atoms in total. The lowest BCUT2D eigenvalue weighted by Gasteiger charge is -2.10. The van der Waals surface area contributed by atoms with Gasteiger partial charge in [-0.05, 0) is 31.4 Å². The number of ether oxygens (including phenoxy) is 1. The first-order valence-electron chi connectivity index (χ1n) is 6.50. The van der Waals surface area contributed by atoms with Gasteiger partial charge in [0.05, 0.1) is 17.1 Å². The maximum Gasteiger partial charge on any atom is 0.138 e. The first-order valence-corrected chi connectivity index (χ1v) is 6.50. The van der Waals surface area contributed by atoms with Gasteiger partial charge in [-0.3, -0.25) is 0 Å². The van der Waals surface area contributed by atoms with Crippen LogP contribution >= 0.6 is 0 Å². The van der Waals surface area contributed by atoms with Crippen LogP contribution in [0.1, 0.15) is 37.3 Å². The number of para-hydroxylation sites is 1. The largest absolute Gasteiger partial charge is 0.367 e. The fraction of sp³-hybridized carbons (Fsp3) is 0.500. The summed E-state index contributed by atoms with van der Waals surface area (Å²) in [5.41, 5.74) is 9.02. The highest BCUT2D eigenvalue weighted by molar-refractivity contribution is 5.79. The van der Waals surface area contributed by atoms with Gasteiger partial charge in [-0.1, -0.05) is 12.1 Å². The van der Waals surface area contributed by atoms with E-state index >= 15 is 0 Å². The summed E-state index contributed by atoms with van der Waals surface area (Å²) in [5, 5.41) is 0. The number of hydrogen-bond donors (Lipinski definition) is 1. The third-order valence-electron chi connectivity index (χ3n) is 3.77. The smallest absolute Gasteiger partial charge is 0.138 e. The monoisotopic (exact) mass is 245 g/mol. The standard InChI is InChI=1S/C14H19N3O/c1-9-6-7-12(18-9)14-16-13-10(8-15)4-3-5-11(13)17(14)2/h3-5,9,12H,6-8,15H2,1-2H3. The lowest BCUT2D eigenvalue weighted by molar-refractivity contribution is 0.0490. The minimum Gasteiger partial charge on any atom is -0.367 e. The summed E-state index contributed by atoms with van der Waals surface area (Å²) in [5.74, 6) is 1.02. The Morgan fingerprint density at radius 1 is 1.44 bits per heavy atom. The molecule has 2 unspecified atom stereocenters. The maximum atomic E-state index is 5.92. The summed E-state index contributed by atoms with van der Waals surface area (Å²) in [6.45, 7) is 2.64. The molecule has 0 saturated carbocycles. The predicted octanol–water partition coefficient (Wildman–Crippen LogP) is 2.27. The molecule has 1 aliphatic rings. The van der Waals surface area contributed by atoms with E-state index in [4.69, 9.17) is 15.5 Å². The molecule has 0 aliphatic carbocycles. The van der Waals surface area contributed by atoms with E-state index in [0.717, 1.165) is 35.3 Å². The van der Waals surface area contributed by atoms with Crippen LogP contribution < -0.4 is 5.73 Å². The molecular formula is C14H19N3O. The van der Waals surface area contributed by atoms with Crippen molar-refractivity contribution in [2.24, 2.45) is 12.8 Å². The van der Waals surface area contributed by atoms with E-state index in [0.29, 0.717) is 12.6 Å². The SMILES string of the molecule is CC1CCC(c2nc3c(CN)cccc3n2C)O1. The van der Waals surface area contributed by atoms with Crippen LogP contribution in [0.4, 0.5) is 0 Å². The van der Waals surface area contributed by atoms with Crippen LogP contribution in [0.15, 0.2) is 18.2 Å². The minimum absolute atomic E-state index is 0.128. The lowest BCUT2D eigenvalue weighted by atomic mass is 10.2. The van der Waals surface area contributed by atoms with Crippen LogP contribution in [0.3, 0.4) is 0 Å². The summed E-state index contributed by atoms with van der Waals surface area (Å²) in [7, 11) is 2.05. The van der Waals surface area contributed by atoms with Crippen molar-refractivity contribution in [3.63, 3.8) is 0 Å². The fourth-order valence-corrected chi connectivity index (χ4v) is 2.74. The van der Waals surface area contributed by atoms with E-state index in [1.807, 2.05) is 12.1 Å². The number of imidazole rings is 1. The van der Waals surface area contributed by atoms with E-state index in [9.17, 15) is 0 Å². The molecule has 1 fully saturated rings. The maximum absolute atomic E-state index is 5.92. The zero-order valence-electron chi connectivity index (χ0n) is 10.9. The second-order valence-corrected chi connectivity index (χ2v) is 5.03. The van der Waals surface area contributed by atoms with E-state index < -0.39 is 0 Å². The Morgan fingerprint density at radius 2 is 2.28 bits per heavy atom. The van der Waals surface area contributed by atoms with Crippen LogP contribution in [0.5, 0.6) is 0 Å². The highest BCUT2D eigenvalue weighted by Gasteiger charge is 2.27. The van der Waals surface area contributed by atoms with Crippen molar-refractivity contribution in [3.05, 3.63) is 29.6 Å². The van der Waals surface area contributed by atoms with E-state index in [2.05, 4.69) is 24.6 Å². The van der Waals surface area contributed by atoms with Crippen LogP contribution in [0.25, 0.3) is 11.0 Å². The molecule has 1 saturated heterocycles. The second kappa shape index (κ2) is 4.37. The summed E-state index contributed by atoms with van der Waals surface area (Å²) in [6, 6.07) is 6.16. The Balaban J connectivity index is 2.11. The van der Waals surface area contributed by atoms with Crippen molar-refractivity contribution in [1.29, 1.82) is 0 Å². The van der Waals surface area contributed by atoms with Gasteiger partial charge >= 0.3 is 0 Å². The Morgan fingerprint density at radius 3 is 2.94 bits per heavy atom. The molecule has 2 heterocycles. The third-order valence-corrected chi connectivity index (χ3v) is 3.77. The van der Waals surface area contributed by atoms with Crippen LogP contribution in [-0.2, 0) is 18.3 Å². The number of hydrogen-bond acceptors (Lipinski definition) is 3. The fourth-order valence-electron chi connectivity index (χ4n) is 2.74. The van der Waals surface area contributed by atoms with E-state index in [-0.39, 0.29) is 6.10 Å². The molecule has 4 heteroatoms.